The zero-order chi connectivity index (χ0) is 14.6. The molecule has 0 bridgehead atoms. The molecule has 1 aliphatic rings. The lowest BCUT2D eigenvalue weighted by Crippen LogP contribution is -2.42. The molecule has 0 amide bonds. The van der Waals surface area contributed by atoms with E-state index >= 15 is 0 Å². The number of nitrogens with two attached hydrogens (primary N) is 1. The summed E-state index contributed by atoms with van der Waals surface area (Å²) in [6, 6.07) is 8.36. The van der Waals surface area contributed by atoms with Crippen molar-refractivity contribution in [3.63, 3.8) is 0 Å². The standard InChI is InChI=1S/C17H27NO2/c1-13(2)16-12-17(8-10-18,9-11-20-16)14-6-4-5-7-15(14)19-3/h4-7,13,16H,8-12,18H2,1-3H3/t16-,17-/m1/s1. The van der Waals surface area contributed by atoms with Gasteiger partial charge in [0.1, 0.15) is 5.75 Å². The molecular weight excluding hydrogens is 250 g/mol. The Morgan fingerprint density at radius 2 is 2.15 bits per heavy atom. The fourth-order valence-electron chi connectivity index (χ4n) is 3.35. The van der Waals surface area contributed by atoms with Crippen LogP contribution in [0.15, 0.2) is 24.3 Å². The maximum Gasteiger partial charge on any atom is 0.122 e. The van der Waals surface area contributed by atoms with E-state index in [0.717, 1.165) is 31.6 Å². The van der Waals surface area contributed by atoms with E-state index in [1.165, 1.54) is 5.56 Å². The van der Waals surface area contributed by atoms with Crippen LogP contribution in [0, 0.1) is 5.92 Å². The summed E-state index contributed by atoms with van der Waals surface area (Å²) < 4.78 is 11.5. The number of ether oxygens (including phenoxy) is 2. The molecule has 0 aromatic heterocycles. The van der Waals surface area contributed by atoms with Gasteiger partial charge in [-0.25, -0.2) is 0 Å². The summed E-state index contributed by atoms with van der Waals surface area (Å²) in [7, 11) is 1.74. The van der Waals surface area contributed by atoms with E-state index in [1.807, 2.05) is 12.1 Å². The van der Waals surface area contributed by atoms with Gasteiger partial charge in [0.15, 0.2) is 0 Å². The van der Waals surface area contributed by atoms with E-state index in [-0.39, 0.29) is 5.41 Å². The molecule has 0 aliphatic carbocycles. The average molecular weight is 277 g/mol. The number of rotatable bonds is 5. The van der Waals surface area contributed by atoms with E-state index in [0.29, 0.717) is 18.6 Å². The Hall–Kier alpha value is -1.06. The van der Waals surface area contributed by atoms with Crippen LogP contribution in [0.1, 0.15) is 38.7 Å². The van der Waals surface area contributed by atoms with Gasteiger partial charge < -0.3 is 15.2 Å². The molecular formula is C17H27NO2. The summed E-state index contributed by atoms with van der Waals surface area (Å²) in [5, 5.41) is 0. The maximum absolute atomic E-state index is 5.95. The van der Waals surface area contributed by atoms with Gasteiger partial charge in [-0.1, -0.05) is 32.0 Å². The van der Waals surface area contributed by atoms with Gasteiger partial charge in [0.2, 0.25) is 0 Å². The Bertz CT molecular complexity index is 429. The van der Waals surface area contributed by atoms with Gasteiger partial charge in [0.25, 0.3) is 0 Å². The predicted molar refractivity (Wildman–Crippen MR) is 82.2 cm³/mol. The van der Waals surface area contributed by atoms with Crippen LogP contribution in [0.4, 0.5) is 0 Å². The predicted octanol–water partition coefficient (Wildman–Crippen LogP) is 3.12. The summed E-state index contributed by atoms with van der Waals surface area (Å²) in [5.74, 6) is 1.51. The van der Waals surface area contributed by atoms with E-state index < -0.39 is 0 Å². The molecule has 0 radical (unpaired) electrons. The first-order valence-electron chi connectivity index (χ1n) is 7.58. The van der Waals surface area contributed by atoms with Gasteiger partial charge >= 0.3 is 0 Å². The first-order chi connectivity index (χ1) is 9.63. The summed E-state index contributed by atoms with van der Waals surface area (Å²) >= 11 is 0. The third-order valence-corrected chi connectivity index (χ3v) is 4.55. The summed E-state index contributed by atoms with van der Waals surface area (Å²) in [4.78, 5) is 0. The normalized spacial score (nSPS) is 26.8. The second-order valence-electron chi connectivity index (χ2n) is 6.13. The van der Waals surface area contributed by atoms with E-state index in [2.05, 4.69) is 26.0 Å². The van der Waals surface area contributed by atoms with Crippen molar-refractivity contribution in [3.05, 3.63) is 29.8 Å². The number of benzene rings is 1. The molecule has 2 rings (SSSR count). The van der Waals surface area contributed by atoms with Crippen molar-refractivity contribution >= 4 is 0 Å². The fraction of sp³-hybridized carbons (Fsp3) is 0.647. The molecule has 0 unspecified atom stereocenters. The molecule has 0 saturated carbocycles. The van der Waals surface area contributed by atoms with Gasteiger partial charge in [-0.05, 0) is 37.8 Å². The smallest absolute Gasteiger partial charge is 0.122 e. The van der Waals surface area contributed by atoms with E-state index in [9.17, 15) is 0 Å². The largest absolute Gasteiger partial charge is 0.496 e. The Morgan fingerprint density at radius 1 is 1.40 bits per heavy atom. The third kappa shape index (κ3) is 2.99. The summed E-state index contributed by atoms with van der Waals surface area (Å²) in [6.45, 7) is 5.96. The van der Waals surface area contributed by atoms with Crippen LogP contribution in [0.2, 0.25) is 0 Å². The highest BCUT2D eigenvalue weighted by molar-refractivity contribution is 5.40. The van der Waals surface area contributed by atoms with Gasteiger partial charge in [0, 0.05) is 17.6 Å². The lowest BCUT2D eigenvalue weighted by Gasteiger charge is -2.43. The van der Waals surface area contributed by atoms with Crippen LogP contribution >= 0.6 is 0 Å². The third-order valence-electron chi connectivity index (χ3n) is 4.55. The first-order valence-corrected chi connectivity index (χ1v) is 7.58. The molecule has 112 valence electrons. The van der Waals surface area contributed by atoms with Crippen LogP contribution in [0.25, 0.3) is 0 Å². The monoisotopic (exact) mass is 277 g/mol. The zero-order valence-electron chi connectivity index (χ0n) is 12.9. The molecule has 1 aliphatic heterocycles. The number of hydrogen-bond donors (Lipinski definition) is 1. The Labute approximate surface area is 122 Å². The molecule has 0 spiro atoms. The molecule has 1 heterocycles. The molecule has 1 saturated heterocycles. The summed E-state index contributed by atoms with van der Waals surface area (Å²) in [5.41, 5.74) is 7.30. The van der Waals surface area contributed by atoms with Crippen molar-refractivity contribution in [3.8, 4) is 5.75 Å². The zero-order valence-corrected chi connectivity index (χ0v) is 12.9. The van der Waals surface area contributed by atoms with Crippen LogP contribution in [0.3, 0.4) is 0 Å². The second-order valence-corrected chi connectivity index (χ2v) is 6.13. The number of para-hydroxylation sites is 1. The topological polar surface area (TPSA) is 44.5 Å². The minimum absolute atomic E-state index is 0.0918. The van der Waals surface area contributed by atoms with Crippen molar-refractivity contribution < 1.29 is 9.47 Å². The molecule has 1 aromatic rings. The SMILES string of the molecule is COc1ccccc1[C@]1(CCN)CCO[C@@H](C(C)C)C1. The van der Waals surface area contributed by atoms with Crippen molar-refractivity contribution in [1.82, 2.24) is 0 Å². The Balaban J connectivity index is 2.38. The minimum atomic E-state index is 0.0918. The van der Waals surface area contributed by atoms with Gasteiger partial charge in [-0.15, -0.1) is 0 Å². The van der Waals surface area contributed by atoms with Crippen molar-refractivity contribution in [2.75, 3.05) is 20.3 Å². The number of hydrogen-bond acceptors (Lipinski definition) is 3. The summed E-state index contributed by atoms with van der Waals surface area (Å²) in [6.07, 6.45) is 3.34. The van der Waals surface area contributed by atoms with Crippen LogP contribution in [-0.2, 0) is 10.2 Å². The molecule has 1 fully saturated rings. The van der Waals surface area contributed by atoms with Crippen LogP contribution in [-0.4, -0.2) is 26.4 Å². The molecule has 20 heavy (non-hydrogen) atoms. The lowest BCUT2D eigenvalue weighted by molar-refractivity contribution is -0.0469. The van der Waals surface area contributed by atoms with E-state index in [1.54, 1.807) is 7.11 Å². The van der Waals surface area contributed by atoms with Gasteiger partial charge in [0.05, 0.1) is 13.2 Å². The Kier molecular flexibility index (Phi) is 5.06. The minimum Gasteiger partial charge on any atom is -0.496 e. The molecule has 2 atom stereocenters. The molecule has 3 nitrogen and oxygen atoms in total. The lowest BCUT2D eigenvalue weighted by atomic mass is 9.68. The average Bonchev–Trinajstić information content (AvgIpc) is 2.47. The van der Waals surface area contributed by atoms with Gasteiger partial charge in [-0.3, -0.25) is 0 Å². The fourth-order valence-corrected chi connectivity index (χ4v) is 3.35. The van der Waals surface area contributed by atoms with E-state index in [4.69, 9.17) is 15.2 Å². The molecule has 3 heteroatoms. The van der Waals surface area contributed by atoms with Gasteiger partial charge in [-0.2, -0.15) is 0 Å². The maximum atomic E-state index is 5.95. The molecule has 1 aromatic carbocycles. The highest BCUT2D eigenvalue weighted by atomic mass is 16.5. The second kappa shape index (κ2) is 6.59. The highest BCUT2D eigenvalue weighted by Gasteiger charge is 2.40. The van der Waals surface area contributed by atoms with Crippen LogP contribution in [0.5, 0.6) is 5.75 Å². The quantitative estimate of drug-likeness (QED) is 0.899. The van der Waals surface area contributed by atoms with Crippen molar-refractivity contribution in [2.24, 2.45) is 11.7 Å². The van der Waals surface area contributed by atoms with Crippen molar-refractivity contribution in [2.45, 2.75) is 44.6 Å². The van der Waals surface area contributed by atoms with Crippen molar-refractivity contribution in [1.29, 1.82) is 0 Å². The molecule has 2 N–H and O–H groups in total. The first kappa shape index (κ1) is 15.3. The number of methoxy groups -OCH3 is 1. The Morgan fingerprint density at radius 3 is 2.80 bits per heavy atom. The highest BCUT2D eigenvalue weighted by Crippen LogP contribution is 2.44. The van der Waals surface area contributed by atoms with Crippen LogP contribution < -0.4 is 10.5 Å².